The molecule has 0 aliphatic carbocycles. The molecule has 0 aliphatic heterocycles. The summed E-state index contributed by atoms with van der Waals surface area (Å²) in [7, 11) is 0. The summed E-state index contributed by atoms with van der Waals surface area (Å²) in [5, 5.41) is 0.405. The van der Waals surface area contributed by atoms with E-state index in [0.717, 1.165) is 0 Å². The third-order valence-corrected chi connectivity index (χ3v) is 3.43. The van der Waals surface area contributed by atoms with E-state index in [9.17, 15) is 18.0 Å². The molecule has 0 saturated carbocycles. The Morgan fingerprint density at radius 2 is 1.92 bits per heavy atom. The topological polar surface area (TPSA) is 39.4 Å². The fraction of sp³-hybridized carbons (Fsp3) is 0.167. The van der Waals surface area contributed by atoms with Crippen LogP contribution in [0.25, 0.3) is 22.1 Å². The zero-order valence-electron chi connectivity index (χ0n) is 15.2. The summed E-state index contributed by atoms with van der Waals surface area (Å²) in [6.07, 6.45) is -4.78. The normalized spacial score (nSPS) is 14.2. The molecule has 0 fully saturated rings. The van der Waals surface area contributed by atoms with Crippen LogP contribution in [0.3, 0.4) is 0 Å². The molecule has 2 aromatic carbocycles. The number of alkyl halides is 3. The lowest BCUT2D eigenvalue weighted by atomic mass is 9.97. The monoisotopic (exact) mass is 337 g/mol. The second-order valence-corrected chi connectivity index (χ2v) is 5.09. The largest absolute Gasteiger partial charge is 0.522 e. The molecule has 3 rings (SSSR count). The minimum atomic E-state index is -4.78. The van der Waals surface area contributed by atoms with Gasteiger partial charge in [-0.25, -0.2) is 4.79 Å². The summed E-state index contributed by atoms with van der Waals surface area (Å²) < 4.78 is 68.5. The van der Waals surface area contributed by atoms with Crippen LogP contribution in [0.4, 0.5) is 13.2 Å². The smallest absolute Gasteiger partial charge is 0.423 e. The highest BCUT2D eigenvalue weighted by molar-refractivity contribution is 5.94. The molecule has 0 N–H and O–H groups in total. The third kappa shape index (κ3) is 3.49. The summed E-state index contributed by atoms with van der Waals surface area (Å²) in [5.74, 6) is 0. The summed E-state index contributed by atoms with van der Waals surface area (Å²) >= 11 is 0. The van der Waals surface area contributed by atoms with Crippen molar-refractivity contribution in [3.63, 3.8) is 0 Å². The lowest BCUT2D eigenvalue weighted by Gasteiger charge is -2.10. The SMILES string of the molecule is [2H]C([2H])([2H])c1ccccc1-c1cc(=O)oc2cc(COC(F)(F)F)ccc12. The standard InChI is InChI=1S/C18H13F3O3/c1-11-4-2-3-5-13(11)15-9-17(22)24-16-8-12(6-7-14(15)16)10-23-18(19,20)21/h2-9H,10H2,1H3/i1D3. The summed E-state index contributed by atoms with van der Waals surface area (Å²) in [4.78, 5) is 11.9. The molecular weight excluding hydrogens is 321 g/mol. The lowest BCUT2D eigenvalue weighted by molar-refractivity contribution is -0.330. The van der Waals surface area contributed by atoms with Gasteiger partial charge < -0.3 is 4.42 Å². The van der Waals surface area contributed by atoms with Crippen LogP contribution in [0.5, 0.6) is 0 Å². The molecule has 1 aromatic heterocycles. The molecule has 0 unspecified atom stereocenters. The molecule has 0 spiro atoms. The van der Waals surface area contributed by atoms with Crippen LogP contribution in [0.15, 0.2) is 57.7 Å². The van der Waals surface area contributed by atoms with Gasteiger partial charge in [-0.3, -0.25) is 4.74 Å². The molecule has 1 heterocycles. The van der Waals surface area contributed by atoms with E-state index in [2.05, 4.69) is 4.74 Å². The Labute approximate surface area is 139 Å². The molecule has 6 heteroatoms. The minimum absolute atomic E-state index is 0.0427. The minimum Gasteiger partial charge on any atom is -0.423 e. The number of fused-ring (bicyclic) bond motifs is 1. The van der Waals surface area contributed by atoms with Gasteiger partial charge in [0.2, 0.25) is 0 Å². The van der Waals surface area contributed by atoms with Gasteiger partial charge in [0.25, 0.3) is 0 Å². The van der Waals surface area contributed by atoms with E-state index in [-0.39, 0.29) is 16.7 Å². The molecular formula is C18H13F3O3. The van der Waals surface area contributed by atoms with Crippen LogP contribution >= 0.6 is 0 Å². The van der Waals surface area contributed by atoms with Crippen LogP contribution in [0.1, 0.15) is 15.2 Å². The van der Waals surface area contributed by atoms with Gasteiger partial charge in [-0.05, 0) is 29.6 Å². The number of ether oxygens (including phenoxy) is 1. The Kier molecular flexibility index (Phi) is 3.26. The van der Waals surface area contributed by atoms with Crippen molar-refractivity contribution in [3.8, 4) is 11.1 Å². The Bertz CT molecular complexity index is 1040. The Morgan fingerprint density at radius 1 is 1.12 bits per heavy atom. The first-order valence-electron chi connectivity index (χ1n) is 8.42. The number of aryl methyl sites for hydroxylation is 1. The molecule has 3 aromatic rings. The fourth-order valence-corrected chi connectivity index (χ4v) is 2.40. The molecule has 124 valence electrons. The number of hydrogen-bond acceptors (Lipinski definition) is 3. The van der Waals surface area contributed by atoms with E-state index in [1.54, 1.807) is 18.2 Å². The van der Waals surface area contributed by atoms with E-state index >= 15 is 0 Å². The van der Waals surface area contributed by atoms with Gasteiger partial charge in [-0.15, -0.1) is 13.2 Å². The second-order valence-electron chi connectivity index (χ2n) is 5.09. The first-order valence-corrected chi connectivity index (χ1v) is 6.92. The van der Waals surface area contributed by atoms with Crippen LogP contribution in [0.2, 0.25) is 0 Å². The van der Waals surface area contributed by atoms with Gasteiger partial charge in [0.05, 0.1) is 6.61 Å². The van der Waals surface area contributed by atoms with Crippen molar-refractivity contribution in [3.05, 3.63) is 70.1 Å². The van der Waals surface area contributed by atoms with Crippen molar-refractivity contribution >= 4 is 11.0 Å². The molecule has 0 aliphatic rings. The zero-order valence-corrected chi connectivity index (χ0v) is 12.2. The van der Waals surface area contributed by atoms with Gasteiger partial charge in [-0.1, -0.05) is 36.4 Å². The molecule has 24 heavy (non-hydrogen) atoms. The molecule has 3 nitrogen and oxygen atoms in total. The van der Waals surface area contributed by atoms with Crippen molar-refractivity contribution in [2.45, 2.75) is 19.8 Å². The Morgan fingerprint density at radius 3 is 2.67 bits per heavy atom. The highest BCUT2D eigenvalue weighted by atomic mass is 19.4. The Hall–Kier alpha value is -2.60. The molecule has 0 bridgehead atoms. The Balaban J connectivity index is 2.15. The van der Waals surface area contributed by atoms with Crippen molar-refractivity contribution in [1.82, 2.24) is 0 Å². The number of rotatable bonds is 3. The quantitative estimate of drug-likeness (QED) is 0.644. The maximum Gasteiger partial charge on any atom is 0.522 e. The van der Waals surface area contributed by atoms with Crippen molar-refractivity contribution in [2.75, 3.05) is 0 Å². The van der Waals surface area contributed by atoms with E-state index in [1.807, 2.05) is 0 Å². The van der Waals surface area contributed by atoms with Gasteiger partial charge in [0.1, 0.15) is 5.58 Å². The van der Waals surface area contributed by atoms with Gasteiger partial charge in [-0.2, -0.15) is 0 Å². The summed E-state index contributed by atoms with van der Waals surface area (Å²) in [6, 6.07) is 11.5. The third-order valence-electron chi connectivity index (χ3n) is 3.43. The second kappa shape index (κ2) is 6.13. The van der Waals surface area contributed by atoms with E-state index in [0.29, 0.717) is 16.5 Å². The molecule has 0 atom stereocenters. The fourth-order valence-electron chi connectivity index (χ4n) is 2.40. The van der Waals surface area contributed by atoms with Crippen LogP contribution in [-0.4, -0.2) is 6.36 Å². The van der Waals surface area contributed by atoms with Gasteiger partial charge in [0.15, 0.2) is 0 Å². The molecule has 0 amide bonds. The number of hydrogen-bond donors (Lipinski definition) is 0. The predicted molar refractivity (Wildman–Crippen MR) is 83.5 cm³/mol. The maximum absolute atomic E-state index is 12.2. The van der Waals surface area contributed by atoms with Crippen LogP contribution in [-0.2, 0) is 11.3 Å². The predicted octanol–water partition coefficient (Wildman–Crippen LogP) is 4.80. The maximum atomic E-state index is 12.2. The average Bonchev–Trinajstić information content (AvgIpc) is 2.57. The van der Waals surface area contributed by atoms with E-state index < -0.39 is 25.4 Å². The van der Waals surface area contributed by atoms with Gasteiger partial charge >= 0.3 is 12.0 Å². The first kappa shape index (κ1) is 12.8. The van der Waals surface area contributed by atoms with Gasteiger partial charge in [0, 0.05) is 21.1 Å². The lowest BCUT2D eigenvalue weighted by Crippen LogP contribution is -2.12. The highest BCUT2D eigenvalue weighted by Crippen LogP contribution is 2.30. The average molecular weight is 337 g/mol. The van der Waals surface area contributed by atoms with E-state index in [1.165, 1.54) is 30.3 Å². The van der Waals surface area contributed by atoms with E-state index in [4.69, 9.17) is 8.53 Å². The summed E-state index contributed by atoms with van der Waals surface area (Å²) in [6.45, 7) is -3.14. The first-order chi connectivity index (χ1) is 12.5. The van der Waals surface area contributed by atoms with Crippen molar-refractivity contribution in [1.29, 1.82) is 0 Å². The zero-order chi connectivity index (χ0) is 19.8. The molecule has 0 saturated heterocycles. The van der Waals surface area contributed by atoms with Crippen molar-refractivity contribution < 1.29 is 26.4 Å². The van der Waals surface area contributed by atoms with Crippen molar-refractivity contribution in [2.24, 2.45) is 0 Å². The summed E-state index contributed by atoms with van der Waals surface area (Å²) in [5.41, 5.74) is 0.171. The molecule has 0 radical (unpaired) electrons. The number of benzene rings is 2. The van der Waals surface area contributed by atoms with Crippen LogP contribution in [0, 0.1) is 6.85 Å². The highest BCUT2D eigenvalue weighted by Gasteiger charge is 2.29. The van der Waals surface area contributed by atoms with Crippen LogP contribution < -0.4 is 5.63 Å². The number of halogens is 3.